The van der Waals surface area contributed by atoms with Gasteiger partial charge in [0.1, 0.15) is 17.7 Å². The highest BCUT2D eigenvalue weighted by Gasteiger charge is 2.23. The summed E-state index contributed by atoms with van der Waals surface area (Å²) in [7, 11) is 2.04. The van der Waals surface area contributed by atoms with Gasteiger partial charge in [-0.1, -0.05) is 0 Å². The Kier molecular flexibility index (Phi) is 4.35. The average Bonchev–Trinajstić information content (AvgIpc) is 3.16. The number of pyridine rings is 1. The maximum absolute atomic E-state index is 8.76. The molecule has 1 fully saturated rings. The van der Waals surface area contributed by atoms with Crippen LogP contribution in [-0.2, 0) is 13.6 Å². The van der Waals surface area contributed by atoms with E-state index in [2.05, 4.69) is 30.8 Å². The van der Waals surface area contributed by atoms with Crippen LogP contribution in [0.5, 0.6) is 0 Å². The SMILES string of the molecule is Cn1ccnc1CN1CC[C@@H](CNc2ccc(C#N)cn2)C1. The van der Waals surface area contributed by atoms with Crippen LogP contribution in [-0.4, -0.2) is 39.1 Å². The Morgan fingerprint density at radius 2 is 2.32 bits per heavy atom. The molecule has 0 aromatic carbocycles. The van der Waals surface area contributed by atoms with Crippen LogP contribution in [0.4, 0.5) is 5.82 Å². The average molecular weight is 296 g/mol. The Labute approximate surface area is 130 Å². The van der Waals surface area contributed by atoms with Gasteiger partial charge < -0.3 is 9.88 Å². The van der Waals surface area contributed by atoms with Crippen molar-refractivity contribution in [1.82, 2.24) is 19.4 Å². The van der Waals surface area contributed by atoms with E-state index in [0.717, 1.165) is 37.8 Å². The molecule has 3 heterocycles. The molecule has 0 aliphatic carbocycles. The van der Waals surface area contributed by atoms with Crippen molar-refractivity contribution < 1.29 is 0 Å². The maximum atomic E-state index is 8.76. The van der Waals surface area contributed by atoms with E-state index in [-0.39, 0.29) is 0 Å². The summed E-state index contributed by atoms with van der Waals surface area (Å²) < 4.78 is 2.08. The number of nitriles is 1. The molecule has 2 aromatic rings. The Balaban J connectivity index is 1.46. The van der Waals surface area contributed by atoms with Gasteiger partial charge in [-0.05, 0) is 31.0 Å². The number of rotatable bonds is 5. The molecular formula is C16H20N6. The summed E-state index contributed by atoms with van der Waals surface area (Å²) in [4.78, 5) is 11.1. The molecule has 0 amide bonds. The second kappa shape index (κ2) is 6.58. The molecule has 1 saturated heterocycles. The molecule has 2 aromatic heterocycles. The molecule has 0 spiro atoms. The van der Waals surface area contributed by atoms with Crippen molar-refractivity contribution in [2.75, 3.05) is 25.0 Å². The van der Waals surface area contributed by atoms with Gasteiger partial charge in [-0.2, -0.15) is 5.26 Å². The first-order valence-corrected chi connectivity index (χ1v) is 7.53. The van der Waals surface area contributed by atoms with Crippen molar-refractivity contribution in [2.24, 2.45) is 13.0 Å². The van der Waals surface area contributed by atoms with E-state index in [1.165, 1.54) is 6.42 Å². The molecule has 3 rings (SSSR count). The van der Waals surface area contributed by atoms with Crippen molar-refractivity contribution in [3.63, 3.8) is 0 Å². The lowest BCUT2D eigenvalue weighted by Gasteiger charge is -2.16. The van der Waals surface area contributed by atoms with E-state index < -0.39 is 0 Å². The fourth-order valence-corrected chi connectivity index (χ4v) is 2.79. The molecule has 0 saturated carbocycles. The summed E-state index contributed by atoms with van der Waals surface area (Å²) in [5.41, 5.74) is 0.590. The standard InChI is InChI=1S/C16H20N6/c1-21-7-5-18-16(21)12-22-6-4-14(11-22)10-20-15-3-2-13(8-17)9-19-15/h2-3,5,7,9,14H,4,6,10-12H2,1H3,(H,19,20)/t14-/m0/s1. The number of nitrogens with zero attached hydrogens (tertiary/aromatic N) is 5. The van der Waals surface area contributed by atoms with Gasteiger partial charge in [-0.25, -0.2) is 9.97 Å². The summed E-state index contributed by atoms with van der Waals surface area (Å²) in [5, 5.41) is 12.1. The summed E-state index contributed by atoms with van der Waals surface area (Å²) in [6, 6.07) is 5.73. The van der Waals surface area contributed by atoms with E-state index in [4.69, 9.17) is 5.26 Å². The van der Waals surface area contributed by atoms with Gasteiger partial charge in [0.2, 0.25) is 0 Å². The topological polar surface area (TPSA) is 69.8 Å². The number of nitrogens with one attached hydrogen (secondary N) is 1. The molecule has 6 nitrogen and oxygen atoms in total. The van der Waals surface area contributed by atoms with Crippen LogP contribution in [0.15, 0.2) is 30.7 Å². The second-order valence-electron chi connectivity index (χ2n) is 5.77. The van der Waals surface area contributed by atoms with Crippen LogP contribution >= 0.6 is 0 Å². The summed E-state index contributed by atoms with van der Waals surface area (Å²) in [6.45, 7) is 4.02. The zero-order valence-electron chi connectivity index (χ0n) is 12.7. The summed E-state index contributed by atoms with van der Waals surface area (Å²) in [5.74, 6) is 2.57. The largest absolute Gasteiger partial charge is 0.370 e. The normalized spacial score (nSPS) is 18.3. The molecule has 1 aliphatic rings. The number of anilines is 1. The first-order chi connectivity index (χ1) is 10.7. The third kappa shape index (κ3) is 3.43. The van der Waals surface area contributed by atoms with Crippen LogP contribution < -0.4 is 5.32 Å². The molecule has 1 N–H and O–H groups in total. The number of imidazole rings is 1. The molecular weight excluding hydrogens is 276 g/mol. The predicted octanol–water partition coefficient (Wildman–Crippen LogP) is 1.62. The van der Waals surface area contributed by atoms with Crippen molar-refractivity contribution in [3.8, 4) is 6.07 Å². The Hall–Kier alpha value is -2.39. The summed E-state index contributed by atoms with van der Waals surface area (Å²) in [6.07, 6.45) is 6.63. The molecule has 114 valence electrons. The Bertz CT molecular complexity index is 654. The molecule has 0 bridgehead atoms. The quantitative estimate of drug-likeness (QED) is 0.908. The number of likely N-dealkylation sites (tertiary alicyclic amines) is 1. The Morgan fingerprint density at radius 3 is 3.00 bits per heavy atom. The fraction of sp³-hybridized carbons (Fsp3) is 0.438. The van der Waals surface area contributed by atoms with E-state index in [1.807, 2.05) is 25.5 Å². The van der Waals surface area contributed by atoms with Crippen molar-refractivity contribution >= 4 is 5.82 Å². The summed E-state index contributed by atoms with van der Waals surface area (Å²) >= 11 is 0. The minimum Gasteiger partial charge on any atom is -0.370 e. The van der Waals surface area contributed by atoms with Crippen LogP contribution in [0, 0.1) is 17.2 Å². The fourth-order valence-electron chi connectivity index (χ4n) is 2.79. The number of aromatic nitrogens is 3. The van der Waals surface area contributed by atoms with Gasteiger partial charge in [0.05, 0.1) is 12.1 Å². The van der Waals surface area contributed by atoms with Crippen LogP contribution in [0.1, 0.15) is 17.8 Å². The lowest BCUT2D eigenvalue weighted by Crippen LogP contribution is -2.24. The smallest absolute Gasteiger partial charge is 0.125 e. The van der Waals surface area contributed by atoms with Crippen LogP contribution in [0.2, 0.25) is 0 Å². The van der Waals surface area contributed by atoms with Gasteiger partial charge in [-0.15, -0.1) is 0 Å². The molecule has 1 aliphatic heterocycles. The molecule has 22 heavy (non-hydrogen) atoms. The monoisotopic (exact) mass is 296 g/mol. The van der Waals surface area contributed by atoms with E-state index in [0.29, 0.717) is 11.5 Å². The van der Waals surface area contributed by atoms with Gasteiger partial charge >= 0.3 is 0 Å². The minimum absolute atomic E-state index is 0.590. The highest BCUT2D eigenvalue weighted by molar-refractivity contribution is 5.38. The molecule has 1 atom stereocenters. The number of hydrogen-bond acceptors (Lipinski definition) is 5. The van der Waals surface area contributed by atoms with Crippen molar-refractivity contribution in [3.05, 3.63) is 42.1 Å². The lowest BCUT2D eigenvalue weighted by atomic mass is 10.1. The number of aryl methyl sites for hydroxylation is 1. The third-order valence-corrected chi connectivity index (χ3v) is 4.12. The van der Waals surface area contributed by atoms with Crippen LogP contribution in [0.3, 0.4) is 0 Å². The zero-order chi connectivity index (χ0) is 15.4. The first-order valence-electron chi connectivity index (χ1n) is 7.53. The van der Waals surface area contributed by atoms with Crippen LogP contribution in [0.25, 0.3) is 0 Å². The van der Waals surface area contributed by atoms with E-state index in [9.17, 15) is 0 Å². The predicted molar refractivity (Wildman–Crippen MR) is 84.0 cm³/mol. The number of hydrogen-bond donors (Lipinski definition) is 1. The third-order valence-electron chi connectivity index (χ3n) is 4.12. The van der Waals surface area contributed by atoms with Crippen molar-refractivity contribution in [1.29, 1.82) is 5.26 Å². The van der Waals surface area contributed by atoms with Crippen molar-refractivity contribution in [2.45, 2.75) is 13.0 Å². The lowest BCUT2D eigenvalue weighted by molar-refractivity contribution is 0.307. The highest BCUT2D eigenvalue weighted by Crippen LogP contribution is 2.18. The highest BCUT2D eigenvalue weighted by atomic mass is 15.2. The van der Waals surface area contributed by atoms with Gasteiger partial charge in [0, 0.05) is 38.7 Å². The second-order valence-corrected chi connectivity index (χ2v) is 5.77. The van der Waals surface area contributed by atoms with E-state index in [1.54, 1.807) is 12.3 Å². The molecule has 0 radical (unpaired) electrons. The Morgan fingerprint density at radius 1 is 1.41 bits per heavy atom. The van der Waals surface area contributed by atoms with E-state index >= 15 is 0 Å². The van der Waals surface area contributed by atoms with Gasteiger partial charge in [0.15, 0.2) is 0 Å². The molecule has 0 unspecified atom stereocenters. The minimum atomic E-state index is 0.590. The maximum Gasteiger partial charge on any atom is 0.125 e. The first kappa shape index (κ1) is 14.5. The van der Waals surface area contributed by atoms with Gasteiger partial charge in [-0.3, -0.25) is 4.90 Å². The van der Waals surface area contributed by atoms with Gasteiger partial charge in [0.25, 0.3) is 0 Å². The molecule has 6 heteroatoms. The zero-order valence-corrected chi connectivity index (χ0v) is 12.7.